The van der Waals surface area contributed by atoms with Crippen molar-refractivity contribution in [1.29, 1.82) is 0 Å². The highest BCUT2D eigenvalue weighted by Crippen LogP contribution is 2.52. The van der Waals surface area contributed by atoms with Crippen molar-refractivity contribution >= 4 is 0 Å². The molecule has 1 heterocycles. The van der Waals surface area contributed by atoms with Crippen LogP contribution >= 0.6 is 0 Å². The van der Waals surface area contributed by atoms with Gasteiger partial charge in [-0.05, 0) is 43.9 Å². The Labute approximate surface area is 102 Å². The van der Waals surface area contributed by atoms with E-state index in [0.717, 1.165) is 24.2 Å². The van der Waals surface area contributed by atoms with E-state index in [1.165, 1.54) is 30.4 Å². The van der Waals surface area contributed by atoms with E-state index in [9.17, 15) is 5.11 Å². The predicted octanol–water partition coefficient (Wildman–Crippen LogP) is 3.75. The van der Waals surface area contributed by atoms with Gasteiger partial charge in [0.2, 0.25) is 0 Å². The molecule has 0 spiro atoms. The summed E-state index contributed by atoms with van der Waals surface area (Å²) in [6.45, 7) is 8.56. The van der Waals surface area contributed by atoms with Crippen LogP contribution in [0.25, 0.3) is 0 Å². The quantitative estimate of drug-likeness (QED) is 0.691. The predicted molar refractivity (Wildman–Crippen MR) is 67.1 cm³/mol. The molecule has 0 radical (unpaired) electrons. The van der Waals surface area contributed by atoms with Crippen LogP contribution < -0.4 is 0 Å². The average Bonchev–Trinajstić information content (AvgIpc) is 2.52. The minimum Gasteiger partial charge on any atom is -0.481 e. The van der Waals surface area contributed by atoms with Gasteiger partial charge in [0.15, 0.2) is 0 Å². The summed E-state index contributed by atoms with van der Waals surface area (Å²) in [5.41, 5.74) is 3.84. The summed E-state index contributed by atoms with van der Waals surface area (Å²) in [5.74, 6) is 1.69. The first-order valence-electron chi connectivity index (χ1n) is 6.49. The molecule has 2 heteroatoms. The number of hydrogen-bond donors (Lipinski definition) is 1. The molecule has 1 aromatic rings. The van der Waals surface area contributed by atoms with Crippen molar-refractivity contribution in [2.45, 2.75) is 46.0 Å². The Bertz CT molecular complexity index is 483. The first-order chi connectivity index (χ1) is 8.01. The van der Waals surface area contributed by atoms with Crippen LogP contribution in [-0.4, -0.2) is 5.11 Å². The molecule has 0 bridgehead atoms. The normalized spacial score (nSPS) is 32.1. The molecule has 2 aliphatic rings. The summed E-state index contributed by atoms with van der Waals surface area (Å²) >= 11 is 0. The molecule has 2 atom stereocenters. The molecule has 1 aromatic heterocycles. The van der Waals surface area contributed by atoms with Crippen molar-refractivity contribution in [3.05, 3.63) is 29.0 Å². The number of allylic oxidation sites excluding steroid dienone is 1. The van der Waals surface area contributed by atoms with Gasteiger partial charge in [-0.25, -0.2) is 0 Å². The fraction of sp³-hybridized carbons (Fsp3) is 0.600. The number of furan rings is 1. The van der Waals surface area contributed by atoms with E-state index in [2.05, 4.69) is 13.5 Å². The Morgan fingerprint density at radius 2 is 2.24 bits per heavy atom. The first-order valence-corrected chi connectivity index (χ1v) is 6.49. The Kier molecular flexibility index (Phi) is 2.19. The topological polar surface area (TPSA) is 33.4 Å². The number of hydrogen-bond acceptors (Lipinski definition) is 2. The van der Waals surface area contributed by atoms with Gasteiger partial charge in [-0.2, -0.15) is 0 Å². The van der Waals surface area contributed by atoms with Crippen molar-refractivity contribution in [3.8, 4) is 5.95 Å². The second kappa shape index (κ2) is 3.41. The molecule has 2 aliphatic carbocycles. The van der Waals surface area contributed by atoms with E-state index in [-0.39, 0.29) is 5.95 Å². The highest BCUT2D eigenvalue weighted by atomic mass is 16.5. The lowest BCUT2D eigenvalue weighted by Gasteiger charge is -2.45. The van der Waals surface area contributed by atoms with Gasteiger partial charge in [0.05, 0.1) is 0 Å². The van der Waals surface area contributed by atoms with E-state index < -0.39 is 0 Å². The molecular formula is C15H20O2. The molecule has 0 unspecified atom stereocenters. The van der Waals surface area contributed by atoms with Crippen molar-refractivity contribution in [1.82, 2.24) is 0 Å². The lowest BCUT2D eigenvalue weighted by atomic mass is 9.59. The molecule has 92 valence electrons. The molecule has 0 aliphatic heterocycles. The first kappa shape index (κ1) is 10.9. The number of rotatable bonds is 0. The van der Waals surface area contributed by atoms with Crippen molar-refractivity contribution in [2.24, 2.45) is 11.3 Å². The van der Waals surface area contributed by atoms with Gasteiger partial charge in [0.1, 0.15) is 5.76 Å². The minimum absolute atomic E-state index is 0.114. The van der Waals surface area contributed by atoms with Gasteiger partial charge in [0.25, 0.3) is 5.95 Å². The molecule has 1 fully saturated rings. The summed E-state index contributed by atoms with van der Waals surface area (Å²) in [6.07, 6.45) is 5.61. The zero-order chi connectivity index (χ0) is 12.2. The molecule has 0 saturated heterocycles. The Hall–Kier alpha value is -1.18. The monoisotopic (exact) mass is 232 g/mol. The van der Waals surface area contributed by atoms with E-state index in [4.69, 9.17) is 4.42 Å². The fourth-order valence-electron chi connectivity index (χ4n) is 3.74. The van der Waals surface area contributed by atoms with Gasteiger partial charge in [-0.15, -0.1) is 0 Å². The third-order valence-electron chi connectivity index (χ3n) is 4.88. The molecule has 17 heavy (non-hydrogen) atoms. The third-order valence-corrected chi connectivity index (χ3v) is 4.88. The second-order valence-electron chi connectivity index (χ2n) is 6.03. The van der Waals surface area contributed by atoms with Crippen LogP contribution in [0, 0.1) is 18.3 Å². The molecule has 2 nitrogen and oxygen atoms in total. The summed E-state index contributed by atoms with van der Waals surface area (Å²) in [6, 6.07) is 0. The van der Waals surface area contributed by atoms with Gasteiger partial charge >= 0.3 is 0 Å². The fourth-order valence-corrected chi connectivity index (χ4v) is 3.74. The summed E-state index contributed by atoms with van der Waals surface area (Å²) < 4.78 is 5.51. The lowest BCUT2D eigenvalue weighted by Crippen LogP contribution is -2.38. The number of fused-ring (bicyclic) bond motifs is 2. The zero-order valence-corrected chi connectivity index (χ0v) is 10.7. The van der Waals surface area contributed by atoms with E-state index in [1.54, 1.807) is 0 Å². The van der Waals surface area contributed by atoms with Crippen LogP contribution in [0.1, 0.15) is 43.1 Å². The molecular weight excluding hydrogens is 212 g/mol. The summed E-state index contributed by atoms with van der Waals surface area (Å²) in [4.78, 5) is 0. The zero-order valence-electron chi connectivity index (χ0n) is 10.7. The van der Waals surface area contributed by atoms with Crippen LogP contribution in [-0.2, 0) is 12.8 Å². The van der Waals surface area contributed by atoms with Crippen LogP contribution in [0.2, 0.25) is 0 Å². The standard InChI is InChI=1S/C15H20O2/c1-9-5-4-6-15(3)8-13-11(7-12(9)15)10(2)14(16)17-13/h12,16H,1,4-8H2,2-3H3/t12-,15+/m0/s1. The molecule has 3 rings (SSSR count). The lowest BCUT2D eigenvalue weighted by molar-refractivity contribution is 0.135. The van der Waals surface area contributed by atoms with E-state index in [1.807, 2.05) is 6.92 Å². The molecule has 0 amide bonds. The smallest absolute Gasteiger partial charge is 0.285 e. The van der Waals surface area contributed by atoms with Crippen LogP contribution in [0.4, 0.5) is 0 Å². The largest absolute Gasteiger partial charge is 0.481 e. The van der Waals surface area contributed by atoms with Crippen LogP contribution in [0.5, 0.6) is 5.95 Å². The molecule has 1 saturated carbocycles. The van der Waals surface area contributed by atoms with E-state index in [0.29, 0.717) is 11.3 Å². The highest BCUT2D eigenvalue weighted by Gasteiger charge is 2.44. The Morgan fingerprint density at radius 3 is 3.00 bits per heavy atom. The van der Waals surface area contributed by atoms with Gasteiger partial charge in [-0.1, -0.05) is 19.1 Å². The maximum atomic E-state index is 9.71. The number of aromatic hydroxyl groups is 1. The molecule has 0 aromatic carbocycles. The average molecular weight is 232 g/mol. The highest BCUT2D eigenvalue weighted by molar-refractivity contribution is 5.40. The summed E-state index contributed by atoms with van der Waals surface area (Å²) in [7, 11) is 0. The Balaban J connectivity index is 2.06. The maximum absolute atomic E-state index is 9.71. The minimum atomic E-state index is 0.114. The van der Waals surface area contributed by atoms with E-state index >= 15 is 0 Å². The van der Waals surface area contributed by atoms with Crippen LogP contribution in [0.15, 0.2) is 16.6 Å². The van der Waals surface area contributed by atoms with Gasteiger partial charge < -0.3 is 9.52 Å². The van der Waals surface area contributed by atoms with Crippen molar-refractivity contribution in [3.63, 3.8) is 0 Å². The Morgan fingerprint density at radius 1 is 1.47 bits per heavy atom. The van der Waals surface area contributed by atoms with Crippen molar-refractivity contribution < 1.29 is 9.52 Å². The third kappa shape index (κ3) is 1.46. The van der Waals surface area contributed by atoms with Gasteiger partial charge in [-0.3, -0.25) is 0 Å². The maximum Gasteiger partial charge on any atom is 0.285 e. The summed E-state index contributed by atoms with van der Waals surface area (Å²) in [5, 5.41) is 9.71. The second-order valence-corrected chi connectivity index (χ2v) is 6.03. The van der Waals surface area contributed by atoms with Gasteiger partial charge in [0, 0.05) is 17.5 Å². The SMILES string of the molecule is C=C1CCC[C@]2(C)Cc3oc(O)c(C)c3C[C@@H]12. The van der Waals surface area contributed by atoms with Crippen molar-refractivity contribution in [2.75, 3.05) is 0 Å². The van der Waals surface area contributed by atoms with Crippen LogP contribution in [0.3, 0.4) is 0 Å². The molecule has 1 N–H and O–H groups in total.